The van der Waals surface area contributed by atoms with Gasteiger partial charge in [0.05, 0.1) is 4.75 Å². The van der Waals surface area contributed by atoms with Crippen LogP contribution in [0, 0.1) is 5.92 Å². The SMILES string of the molecule is O=C1CCCC2CC12Sc1ccccc1. The van der Waals surface area contributed by atoms with Gasteiger partial charge in [0, 0.05) is 11.3 Å². The fourth-order valence-electron chi connectivity index (χ4n) is 2.59. The van der Waals surface area contributed by atoms with Crippen molar-refractivity contribution in [1.29, 1.82) is 0 Å². The molecule has 0 spiro atoms. The minimum absolute atomic E-state index is 0.0143. The smallest absolute Gasteiger partial charge is 0.149 e. The summed E-state index contributed by atoms with van der Waals surface area (Å²) in [7, 11) is 0. The van der Waals surface area contributed by atoms with Gasteiger partial charge in [-0.1, -0.05) is 18.2 Å². The lowest BCUT2D eigenvalue weighted by atomic mass is 9.99. The molecule has 0 saturated heterocycles. The Morgan fingerprint density at radius 3 is 2.80 bits per heavy atom. The lowest BCUT2D eigenvalue weighted by molar-refractivity contribution is -0.120. The van der Waals surface area contributed by atoms with Crippen molar-refractivity contribution >= 4 is 17.5 Å². The largest absolute Gasteiger partial charge is 0.298 e. The van der Waals surface area contributed by atoms with E-state index >= 15 is 0 Å². The Kier molecular flexibility index (Phi) is 2.13. The second-order valence-electron chi connectivity index (χ2n) is 4.52. The zero-order valence-electron chi connectivity index (χ0n) is 8.61. The maximum Gasteiger partial charge on any atom is 0.149 e. The van der Waals surface area contributed by atoms with Gasteiger partial charge in [-0.25, -0.2) is 0 Å². The van der Waals surface area contributed by atoms with E-state index in [9.17, 15) is 4.79 Å². The predicted octanol–water partition coefficient (Wildman–Crippen LogP) is 3.29. The van der Waals surface area contributed by atoms with E-state index in [1.165, 1.54) is 11.3 Å². The van der Waals surface area contributed by atoms with Crippen LogP contribution in [0.5, 0.6) is 0 Å². The Labute approximate surface area is 94.3 Å². The quantitative estimate of drug-likeness (QED) is 0.757. The number of rotatable bonds is 2. The Hall–Kier alpha value is -0.760. The fraction of sp³-hybridized carbons (Fsp3) is 0.462. The highest BCUT2D eigenvalue weighted by Gasteiger charge is 2.61. The van der Waals surface area contributed by atoms with Crippen LogP contribution < -0.4 is 0 Å². The molecule has 78 valence electrons. The molecule has 2 unspecified atom stereocenters. The summed E-state index contributed by atoms with van der Waals surface area (Å²) in [5.74, 6) is 1.16. The number of thioether (sulfide) groups is 1. The highest BCUT2D eigenvalue weighted by atomic mass is 32.2. The van der Waals surface area contributed by atoms with Gasteiger partial charge in [-0.05, 0) is 37.3 Å². The van der Waals surface area contributed by atoms with Crippen molar-refractivity contribution in [2.24, 2.45) is 5.92 Å². The fourth-order valence-corrected chi connectivity index (χ4v) is 4.08. The maximum absolute atomic E-state index is 11.9. The van der Waals surface area contributed by atoms with E-state index < -0.39 is 0 Å². The number of hydrogen-bond donors (Lipinski definition) is 0. The zero-order valence-corrected chi connectivity index (χ0v) is 9.43. The number of carbonyl (C=O) groups excluding carboxylic acids is 1. The van der Waals surface area contributed by atoms with Crippen molar-refractivity contribution in [3.05, 3.63) is 30.3 Å². The van der Waals surface area contributed by atoms with Gasteiger partial charge in [0.15, 0.2) is 0 Å². The van der Waals surface area contributed by atoms with Crippen molar-refractivity contribution < 1.29 is 4.79 Å². The third-order valence-electron chi connectivity index (χ3n) is 3.52. The number of Topliss-reactive ketones (excluding diaryl/α,β-unsaturated/α-hetero) is 1. The van der Waals surface area contributed by atoms with Gasteiger partial charge in [-0.15, -0.1) is 11.8 Å². The van der Waals surface area contributed by atoms with Crippen LogP contribution in [0.3, 0.4) is 0 Å². The summed E-state index contributed by atoms with van der Waals surface area (Å²) in [4.78, 5) is 13.2. The number of fused-ring (bicyclic) bond motifs is 1. The molecule has 1 nitrogen and oxygen atoms in total. The topological polar surface area (TPSA) is 17.1 Å². The number of hydrogen-bond acceptors (Lipinski definition) is 2. The van der Waals surface area contributed by atoms with Gasteiger partial charge < -0.3 is 0 Å². The van der Waals surface area contributed by atoms with Crippen molar-refractivity contribution in [3.63, 3.8) is 0 Å². The molecule has 2 aliphatic carbocycles. The summed E-state index contributed by atoms with van der Waals surface area (Å²) in [6.45, 7) is 0. The normalized spacial score (nSPS) is 33.6. The van der Waals surface area contributed by atoms with Crippen LogP contribution in [-0.4, -0.2) is 10.5 Å². The number of ketones is 1. The second-order valence-corrected chi connectivity index (χ2v) is 5.93. The molecule has 1 aromatic carbocycles. The summed E-state index contributed by atoms with van der Waals surface area (Å²) >= 11 is 1.80. The van der Waals surface area contributed by atoms with E-state index in [4.69, 9.17) is 0 Å². The molecule has 2 aliphatic rings. The van der Waals surface area contributed by atoms with Crippen LogP contribution >= 0.6 is 11.8 Å². The van der Waals surface area contributed by atoms with Crippen molar-refractivity contribution in [2.45, 2.75) is 35.3 Å². The second kappa shape index (κ2) is 3.38. The van der Waals surface area contributed by atoms with Crippen LogP contribution in [0.1, 0.15) is 25.7 Å². The average molecular weight is 218 g/mol. The number of benzene rings is 1. The van der Waals surface area contributed by atoms with E-state index in [1.807, 2.05) is 18.2 Å². The summed E-state index contributed by atoms with van der Waals surface area (Å²) < 4.78 is -0.0143. The Balaban J connectivity index is 1.81. The molecule has 2 atom stereocenters. The first-order valence-electron chi connectivity index (χ1n) is 5.59. The molecular weight excluding hydrogens is 204 g/mol. The van der Waals surface area contributed by atoms with Gasteiger partial charge in [0.1, 0.15) is 5.78 Å². The van der Waals surface area contributed by atoms with Gasteiger partial charge in [-0.3, -0.25) is 4.79 Å². The van der Waals surface area contributed by atoms with E-state index in [1.54, 1.807) is 11.8 Å². The van der Waals surface area contributed by atoms with Gasteiger partial charge in [-0.2, -0.15) is 0 Å². The zero-order chi connectivity index (χ0) is 10.3. The minimum Gasteiger partial charge on any atom is -0.298 e. The average Bonchev–Trinajstić information content (AvgIpc) is 2.95. The highest BCUT2D eigenvalue weighted by Crippen LogP contribution is 2.62. The molecule has 3 rings (SSSR count). The van der Waals surface area contributed by atoms with Crippen LogP contribution in [-0.2, 0) is 4.79 Å². The van der Waals surface area contributed by atoms with Crippen LogP contribution in [0.25, 0.3) is 0 Å². The first kappa shape index (κ1) is 9.46. The monoisotopic (exact) mass is 218 g/mol. The molecule has 2 heteroatoms. The lowest BCUT2D eigenvalue weighted by Crippen LogP contribution is -2.24. The first-order chi connectivity index (χ1) is 7.31. The summed E-state index contributed by atoms with van der Waals surface area (Å²) in [6, 6.07) is 10.3. The van der Waals surface area contributed by atoms with E-state index in [-0.39, 0.29) is 4.75 Å². The van der Waals surface area contributed by atoms with Crippen LogP contribution in [0.2, 0.25) is 0 Å². The molecule has 0 N–H and O–H groups in total. The molecule has 2 fully saturated rings. The van der Waals surface area contributed by atoms with E-state index in [0.717, 1.165) is 19.3 Å². The molecule has 0 aromatic heterocycles. The highest BCUT2D eigenvalue weighted by molar-refractivity contribution is 8.01. The van der Waals surface area contributed by atoms with Crippen LogP contribution in [0.15, 0.2) is 35.2 Å². The molecule has 0 bridgehead atoms. The number of carbonyl (C=O) groups is 1. The van der Waals surface area contributed by atoms with Gasteiger partial charge >= 0.3 is 0 Å². The van der Waals surface area contributed by atoms with Crippen molar-refractivity contribution in [3.8, 4) is 0 Å². The maximum atomic E-state index is 11.9. The van der Waals surface area contributed by atoms with Gasteiger partial charge in [0.25, 0.3) is 0 Å². The Morgan fingerprint density at radius 2 is 2.07 bits per heavy atom. The summed E-state index contributed by atoms with van der Waals surface area (Å²) in [6.07, 6.45) is 4.29. The van der Waals surface area contributed by atoms with Crippen molar-refractivity contribution in [2.75, 3.05) is 0 Å². The Morgan fingerprint density at radius 1 is 1.27 bits per heavy atom. The third-order valence-corrected chi connectivity index (χ3v) is 5.12. The van der Waals surface area contributed by atoms with Crippen LogP contribution in [0.4, 0.5) is 0 Å². The lowest BCUT2D eigenvalue weighted by Gasteiger charge is -2.19. The summed E-state index contributed by atoms with van der Waals surface area (Å²) in [5.41, 5.74) is 0. The molecule has 0 aliphatic heterocycles. The molecular formula is C13H14OS. The van der Waals surface area contributed by atoms with E-state index in [0.29, 0.717) is 11.7 Å². The minimum atomic E-state index is -0.0143. The first-order valence-corrected chi connectivity index (χ1v) is 6.40. The van der Waals surface area contributed by atoms with E-state index in [2.05, 4.69) is 12.1 Å². The predicted molar refractivity (Wildman–Crippen MR) is 62.0 cm³/mol. The molecule has 15 heavy (non-hydrogen) atoms. The van der Waals surface area contributed by atoms with Crippen molar-refractivity contribution in [1.82, 2.24) is 0 Å². The molecule has 0 heterocycles. The standard InChI is InChI=1S/C13H14OS/c14-12-8-4-5-10-9-13(10,12)15-11-6-2-1-3-7-11/h1-3,6-7,10H,4-5,8-9H2. The van der Waals surface area contributed by atoms with Gasteiger partial charge in [0.2, 0.25) is 0 Å². The molecule has 2 saturated carbocycles. The molecule has 0 radical (unpaired) electrons. The third kappa shape index (κ3) is 1.51. The molecule has 0 amide bonds. The molecule has 1 aromatic rings. The Bertz CT molecular complexity index is 387. The summed E-state index contributed by atoms with van der Waals surface area (Å²) in [5, 5.41) is 0.